The van der Waals surface area contributed by atoms with Gasteiger partial charge in [-0.05, 0) is 19.1 Å². The van der Waals surface area contributed by atoms with E-state index in [0.717, 1.165) is 38.5 Å². The quantitative estimate of drug-likeness (QED) is 0.824. The van der Waals surface area contributed by atoms with E-state index in [1.807, 2.05) is 12.1 Å². The van der Waals surface area contributed by atoms with Gasteiger partial charge in [-0.15, -0.1) is 0 Å². The van der Waals surface area contributed by atoms with Crippen LogP contribution >= 0.6 is 0 Å². The third kappa shape index (κ3) is 5.73. The summed E-state index contributed by atoms with van der Waals surface area (Å²) in [5.74, 6) is 0.199. The second-order valence-corrected chi connectivity index (χ2v) is 5.49. The van der Waals surface area contributed by atoms with Crippen molar-refractivity contribution in [1.82, 2.24) is 9.80 Å². The highest BCUT2D eigenvalue weighted by Crippen LogP contribution is 2.11. The Kier molecular flexibility index (Phi) is 6.02. The molecule has 0 aromatic heterocycles. The highest BCUT2D eigenvalue weighted by atomic mass is 16.5. The fourth-order valence-corrected chi connectivity index (χ4v) is 2.42. The first-order valence-electron chi connectivity index (χ1n) is 7.49. The zero-order valence-corrected chi connectivity index (χ0v) is 12.6. The summed E-state index contributed by atoms with van der Waals surface area (Å²) >= 11 is 0. The third-order valence-electron chi connectivity index (χ3n) is 3.80. The van der Waals surface area contributed by atoms with Crippen molar-refractivity contribution < 1.29 is 14.6 Å². The zero-order valence-electron chi connectivity index (χ0n) is 12.6. The van der Waals surface area contributed by atoms with Gasteiger partial charge in [-0.1, -0.05) is 17.7 Å². The molecule has 0 atom stereocenters. The fourth-order valence-electron chi connectivity index (χ4n) is 2.42. The van der Waals surface area contributed by atoms with E-state index in [2.05, 4.69) is 28.9 Å². The van der Waals surface area contributed by atoms with E-state index in [1.54, 1.807) is 0 Å². The maximum absolute atomic E-state index is 10.5. The number of carboxylic acids is 1. The summed E-state index contributed by atoms with van der Waals surface area (Å²) in [5.41, 5.74) is 1.24. The number of piperazine rings is 1. The maximum Gasteiger partial charge on any atom is 0.304 e. The van der Waals surface area contributed by atoms with E-state index >= 15 is 0 Å². The molecule has 0 saturated carbocycles. The molecule has 1 heterocycles. The lowest BCUT2D eigenvalue weighted by Crippen LogP contribution is -2.47. The molecule has 1 aromatic rings. The summed E-state index contributed by atoms with van der Waals surface area (Å²) < 4.78 is 5.74. The molecule has 1 aliphatic rings. The first-order chi connectivity index (χ1) is 10.1. The van der Waals surface area contributed by atoms with E-state index in [9.17, 15) is 4.79 Å². The predicted octanol–water partition coefficient (Wildman–Crippen LogP) is 1.47. The van der Waals surface area contributed by atoms with Gasteiger partial charge in [-0.2, -0.15) is 0 Å². The Hall–Kier alpha value is -1.59. The highest BCUT2D eigenvalue weighted by Gasteiger charge is 2.16. The second-order valence-electron chi connectivity index (χ2n) is 5.49. The van der Waals surface area contributed by atoms with E-state index in [0.29, 0.717) is 13.2 Å². The normalized spacial score (nSPS) is 16.8. The molecule has 2 rings (SSSR count). The SMILES string of the molecule is Cc1ccc(OCCN2CCN(CCC(=O)O)CC2)cc1. The molecule has 0 unspecified atom stereocenters. The van der Waals surface area contributed by atoms with Gasteiger partial charge < -0.3 is 14.7 Å². The number of hydrogen-bond acceptors (Lipinski definition) is 4. The second kappa shape index (κ2) is 8.00. The van der Waals surface area contributed by atoms with E-state index in [1.165, 1.54) is 5.56 Å². The van der Waals surface area contributed by atoms with Crippen LogP contribution in [0.5, 0.6) is 5.75 Å². The van der Waals surface area contributed by atoms with Crippen LogP contribution in [-0.2, 0) is 4.79 Å². The number of aliphatic carboxylic acids is 1. The molecule has 116 valence electrons. The average molecular weight is 292 g/mol. The molecule has 0 amide bonds. The summed E-state index contributed by atoms with van der Waals surface area (Å²) in [7, 11) is 0. The Morgan fingerprint density at radius 3 is 2.24 bits per heavy atom. The van der Waals surface area contributed by atoms with Gasteiger partial charge in [-0.3, -0.25) is 9.69 Å². The van der Waals surface area contributed by atoms with Gasteiger partial charge in [0.05, 0.1) is 6.42 Å². The minimum atomic E-state index is -0.719. The number of carboxylic acid groups (broad SMARTS) is 1. The van der Waals surface area contributed by atoms with Crippen molar-refractivity contribution in [3.8, 4) is 5.75 Å². The molecule has 1 saturated heterocycles. The van der Waals surface area contributed by atoms with Crippen molar-refractivity contribution in [1.29, 1.82) is 0 Å². The van der Waals surface area contributed by atoms with Crippen LogP contribution in [0.25, 0.3) is 0 Å². The van der Waals surface area contributed by atoms with E-state index in [-0.39, 0.29) is 6.42 Å². The summed E-state index contributed by atoms with van der Waals surface area (Å²) in [6.45, 7) is 8.18. The van der Waals surface area contributed by atoms with E-state index < -0.39 is 5.97 Å². The minimum absolute atomic E-state index is 0.233. The minimum Gasteiger partial charge on any atom is -0.492 e. The van der Waals surface area contributed by atoms with Crippen molar-refractivity contribution in [3.63, 3.8) is 0 Å². The highest BCUT2D eigenvalue weighted by molar-refractivity contribution is 5.66. The van der Waals surface area contributed by atoms with Gasteiger partial charge in [0, 0.05) is 39.3 Å². The molecular weight excluding hydrogens is 268 g/mol. The molecule has 5 heteroatoms. The van der Waals surface area contributed by atoms with E-state index in [4.69, 9.17) is 9.84 Å². The van der Waals surface area contributed by atoms with Crippen LogP contribution in [0.2, 0.25) is 0 Å². The Balaban J connectivity index is 1.60. The Morgan fingerprint density at radius 1 is 1.10 bits per heavy atom. The number of rotatable bonds is 7. The number of nitrogens with zero attached hydrogens (tertiary/aromatic N) is 2. The van der Waals surface area contributed by atoms with Crippen LogP contribution in [0.4, 0.5) is 0 Å². The molecule has 5 nitrogen and oxygen atoms in total. The fraction of sp³-hybridized carbons (Fsp3) is 0.562. The molecule has 0 bridgehead atoms. The van der Waals surface area contributed by atoms with Crippen LogP contribution in [0.3, 0.4) is 0 Å². The lowest BCUT2D eigenvalue weighted by molar-refractivity contribution is -0.137. The molecule has 0 aliphatic carbocycles. The Morgan fingerprint density at radius 2 is 1.67 bits per heavy atom. The first kappa shape index (κ1) is 15.8. The molecule has 21 heavy (non-hydrogen) atoms. The predicted molar refractivity (Wildman–Crippen MR) is 81.8 cm³/mol. The van der Waals surface area contributed by atoms with Gasteiger partial charge in [0.25, 0.3) is 0 Å². The van der Waals surface area contributed by atoms with Gasteiger partial charge in [-0.25, -0.2) is 0 Å². The molecule has 0 radical (unpaired) electrons. The smallest absolute Gasteiger partial charge is 0.304 e. The average Bonchev–Trinajstić information content (AvgIpc) is 2.48. The summed E-state index contributed by atoms with van der Waals surface area (Å²) in [5, 5.41) is 8.68. The molecular formula is C16H24N2O3. The zero-order chi connectivity index (χ0) is 15.1. The first-order valence-corrected chi connectivity index (χ1v) is 7.49. The lowest BCUT2D eigenvalue weighted by atomic mass is 10.2. The third-order valence-corrected chi connectivity index (χ3v) is 3.80. The van der Waals surface area contributed by atoms with Crippen LogP contribution in [0, 0.1) is 6.92 Å². The van der Waals surface area contributed by atoms with Crippen molar-refractivity contribution >= 4 is 5.97 Å². The summed E-state index contributed by atoms with van der Waals surface area (Å²) in [4.78, 5) is 15.1. The molecule has 1 fully saturated rings. The van der Waals surface area contributed by atoms with Crippen molar-refractivity contribution in [3.05, 3.63) is 29.8 Å². The Bertz CT molecular complexity index is 439. The van der Waals surface area contributed by atoms with Gasteiger partial charge in [0.2, 0.25) is 0 Å². The van der Waals surface area contributed by atoms with Crippen molar-refractivity contribution in [2.45, 2.75) is 13.3 Å². The molecule has 1 aromatic carbocycles. The van der Waals surface area contributed by atoms with Crippen molar-refractivity contribution in [2.24, 2.45) is 0 Å². The van der Waals surface area contributed by atoms with Gasteiger partial charge in [0.15, 0.2) is 0 Å². The number of carbonyl (C=O) groups is 1. The standard InChI is InChI=1S/C16H24N2O3/c1-14-2-4-15(5-3-14)21-13-12-18-10-8-17(9-11-18)7-6-16(19)20/h2-5H,6-13H2,1H3,(H,19,20). The van der Waals surface area contributed by atoms with Crippen LogP contribution in [0.15, 0.2) is 24.3 Å². The summed E-state index contributed by atoms with van der Waals surface area (Å²) in [6.07, 6.45) is 0.233. The monoisotopic (exact) mass is 292 g/mol. The van der Waals surface area contributed by atoms with Crippen LogP contribution < -0.4 is 4.74 Å². The number of benzene rings is 1. The van der Waals surface area contributed by atoms with Gasteiger partial charge >= 0.3 is 5.97 Å². The topological polar surface area (TPSA) is 53.0 Å². The van der Waals surface area contributed by atoms with Gasteiger partial charge in [0.1, 0.15) is 12.4 Å². The number of ether oxygens (including phenoxy) is 1. The molecule has 1 aliphatic heterocycles. The summed E-state index contributed by atoms with van der Waals surface area (Å²) in [6, 6.07) is 8.10. The number of hydrogen-bond donors (Lipinski definition) is 1. The largest absolute Gasteiger partial charge is 0.492 e. The Labute approximate surface area is 126 Å². The number of aryl methyl sites for hydroxylation is 1. The van der Waals surface area contributed by atoms with Crippen molar-refractivity contribution in [2.75, 3.05) is 45.9 Å². The van der Waals surface area contributed by atoms with Crippen LogP contribution in [0.1, 0.15) is 12.0 Å². The van der Waals surface area contributed by atoms with Crippen LogP contribution in [-0.4, -0.2) is 66.8 Å². The molecule has 1 N–H and O–H groups in total. The maximum atomic E-state index is 10.5. The molecule has 0 spiro atoms. The lowest BCUT2D eigenvalue weighted by Gasteiger charge is -2.34.